The molecule has 1 fully saturated rings. The monoisotopic (exact) mass is 341 g/mol. The van der Waals surface area contributed by atoms with E-state index >= 15 is 0 Å². The van der Waals surface area contributed by atoms with E-state index in [1.54, 1.807) is 18.3 Å². The second kappa shape index (κ2) is 7.53. The third-order valence-corrected chi connectivity index (χ3v) is 4.52. The van der Waals surface area contributed by atoms with Crippen molar-refractivity contribution in [3.63, 3.8) is 0 Å². The van der Waals surface area contributed by atoms with Gasteiger partial charge in [-0.2, -0.15) is 5.10 Å². The number of aromatic nitrogens is 1. The Hall–Kier alpha value is -2.60. The number of hydrogen-bond acceptors (Lipinski definition) is 4. The average Bonchev–Trinajstić information content (AvgIpc) is 3.20. The van der Waals surface area contributed by atoms with Crippen LogP contribution >= 0.6 is 0 Å². The van der Waals surface area contributed by atoms with Crippen molar-refractivity contribution in [3.8, 4) is 5.75 Å². The van der Waals surface area contributed by atoms with Gasteiger partial charge in [0.05, 0.1) is 12.3 Å². The van der Waals surface area contributed by atoms with Gasteiger partial charge < -0.3 is 14.4 Å². The predicted molar refractivity (Wildman–Crippen MR) is 96.0 cm³/mol. The summed E-state index contributed by atoms with van der Waals surface area (Å²) in [6.07, 6.45) is 4.17. The van der Waals surface area contributed by atoms with Gasteiger partial charge in [-0.25, -0.2) is 5.43 Å². The lowest BCUT2D eigenvalue weighted by Gasteiger charge is -2.14. The lowest BCUT2D eigenvalue weighted by atomic mass is 10.2. The fourth-order valence-corrected chi connectivity index (χ4v) is 3.07. The van der Waals surface area contributed by atoms with Crippen molar-refractivity contribution in [1.82, 2.24) is 9.99 Å². The number of phenolic OH excluding ortho intramolecular Hbond substituents is 1. The van der Waals surface area contributed by atoms with Crippen molar-refractivity contribution < 1.29 is 14.6 Å². The van der Waals surface area contributed by atoms with Crippen molar-refractivity contribution in [2.45, 2.75) is 39.3 Å². The second-order valence-corrected chi connectivity index (χ2v) is 6.32. The molecule has 1 aliphatic heterocycles. The number of nitrogens with one attached hydrogen (secondary N) is 1. The van der Waals surface area contributed by atoms with Crippen LogP contribution in [0.15, 0.2) is 35.4 Å². The number of aryl methyl sites for hydroxylation is 1. The van der Waals surface area contributed by atoms with Gasteiger partial charge in [-0.05, 0) is 57.0 Å². The maximum absolute atomic E-state index is 12.0. The zero-order valence-electron chi connectivity index (χ0n) is 14.5. The lowest BCUT2D eigenvalue weighted by molar-refractivity contribution is 0.0954. The summed E-state index contributed by atoms with van der Waals surface area (Å²) < 4.78 is 7.95. The van der Waals surface area contributed by atoms with E-state index in [1.165, 1.54) is 12.1 Å². The van der Waals surface area contributed by atoms with Crippen molar-refractivity contribution in [3.05, 3.63) is 52.8 Å². The van der Waals surface area contributed by atoms with E-state index in [0.717, 1.165) is 42.9 Å². The molecule has 6 heteroatoms. The van der Waals surface area contributed by atoms with Crippen molar-refractivity contribution in [1.29, 1.82) is 0 Å². The van der Waals surface area contributed by atoms with Gasteiger partial charge in [-0.1, -0.05) is 0 Å². The molecule has 132 valence electrons. The average molecular weight is 341 g/mol. The Morgan fingerprint density at radius 3 is 2.84 bits per heavy atom. The summed E-state index contributed by atoms with van der Waals surface area (Å²) in [5.41, 5.74) is 6.19. The molecule has 25 heavy (non-hydrogen) atoms. The molecule has 0 saturated carbocycles. The molecule has 1 aliphatic rings. The van der Waals surface area contributed by atoms with Crippen LogP contribution in [0.1, 0.15) is 40.2 Å². The lowest BCUT2D eigenvalue weighted by Crippen LogP contribution is -2.18. The molecule has 2 heterocycles. The molecule has 1 aromatic heterocycles. The van der Waals surface area contributed by atoms with Crippen LogP contribution < -0.4 is 5.43 Å². The molecule has 1 amide bonds. The van der Waals surface area contributed by atoms with E-state index in [1.807, 2.05) is 6.92 Å². The normalized spacial score (nSPS) is 17.3. The van der Waals surface area contributed by atoms with E-state index in [-0.39, 0.29) is 17.8 Å². The Bertz CT molecular complexity index is 772. The quantitative estimate of drug-likeness (QED) is 0.648. The molecule has 2 aromatic rings. The number of rotatable bonds is 5. The van der Waals surface area contributed by atoms with Gasteiger partial charge in [0.25, 0.3) is 5.91 Å². The minimum atomic E-state index is -0.315. The van der Waals surface area contributed by atoms with E-state index in [9.17, 15) is 9.90 Å². The first kappa shape index (κ1) is 17.2. The van der Waals surface area contributed by atoms with Crippen molar-refractivity contribution in [2.75, 3.05) is 6.61 Å². The van der Waals surface area contributed by atoms with E-state index in [4.69, 9.17) is 4.74 Å². The highest BCUT2D eigenvalue weighted by atomic mass is 16.5. The Labute approximate surface area is 147 Å². The summed E-state index contributed by atoms with van der Waals surface area (Å²) in [4.78, 5) is 12.0. The molecular weight excluding hydrogens is 318 g/mol. The minimum absolute atomic E-state index is 0.124. The summed E-state index contributed by atoms with van der Waals surface area (Å²) >= 11 is 0. The van der Waals surface area contributed by atoms with Crippen LogP contribution in [0.4, 0.5) is 0 Å². The zero-order chi connectivity index (χ0) is 17.8. The third-order valence-electron chi connectivity index (χ3n) is 4.52. The predicted octanol–water partition coefficient (Wildman–Crippen LogP) is 2.75. The highest BCUT2D eigenvalue weighted by molar-refractivity contribution is 5.95. The fraction of sp³-hybridized carbons (Fsp3) is 0.368. The number of nitrogens with zero attached hydrogens (tertiary/aromatic N) is 2. The zero-order valence-corrected chi connectivity index (χ0v) is 14.5. The molecule has 0 radical (unpaired) electrons. The highest BCUT2D eigenvalue weighted by Crippen LogP contribution is 2.19. The van der Waals surface area contributed by atoms with E-state index in [2.05, 4.69) is 28.1 Å². The SMILES string of the molecule is Cc1cc(/C=N\NC(=O)c2ccc(O)cc2)c(C)n1C[C@@H]1CCCO1. The summed E-state index contributed by atoms with van der Waals surface area (Å²) in [6, 6.07) is 8.09. The first-order valence-corrected chi connectivity index (χ1v) is 8.45. The van der Waals surface area contributed by atoms with Crippen LogP contribution in [0, 0.1) is 13.8 Å². The molecule has 2 N–H and O–H groups in total. The summed E-state index contributed by atoms with van der Waals surface area (Å²) in [7, 11) is 0. The first-order chi connectivity index (χ1) is 12.0. The van der Waals surface area contributed by atoms with E-state index in [0.29, 0.717) is 5.56 Å². The number of carbonyl (C=O) groups excluding carboxylic acids is 1. The van der Waals surface area contributed by atoms with Crippen LogP contribution in [-0.2, 0) is 11.3 Å². The number of hydrogen-bond donors (Lipinski definition) is 2. The first-order valence-electron chi connectivity index (χ1n) is 8.45. The van der Waals surface area contributed by atoms with Gasteiger partial charge >= 0.3 is 0 Å². The second-order valence-electron chi connectivity index (χ2n) is 6.32. The number of aromatic hydroxyl groups is 1. The Morgan fingerprint density at radius 2 is 2.16 bits per heavy atom. The van der Waals surface area contributed by atoms with Crippen LogP contribution in [0.2, 0.25) is 0 Å². The summed E-state index contributed by atoms with van der Waals surface area (Å²) in [6.45, 7) is 5.81. The van der Waals surface area contributed by atoms with Crippen molar-refractivity contribution >= 4 is 12.1 Å². The molecule has 0 spiro atoms. The number of ether oxygens (including phenoxy) is 1. The standard InChI is InChI=1S/C19H23N3O3/c1-13-10-16(14(2)22(13)12-18-4-3-9-25-18)11-20-21-19(24)15-5-7-17(23)8-6-15/h5-8,10-11,18,23H,3-4,9,12H2,1-2H3,(H,21,24)/b20-11-/t18-/m0/s1. The van der Waals surface area contributed by atoms with E-state index < -0.39 is 0 Å². The molecule has 3 rings (SSSR count). The number of hydrazone groups is 1. The van der Waals surface area contributed by atoms with Gasteiger partial charge in [-0.3, -0.25) is 4.79 Å². The molecule has 0 aliphatic carbocycles. The smallest absolute Gasteiger partial charge is 0.271 e. The van der Waals surface area contributed by atoms with Gasteiger partial charge in [0.15, 0.2) is 0 Å². The van der Waals surface area contributed by atoms with Crippen LogP contribution in [0.25, 0.3) is 0 Å². The molecule has 1 saturated heterocycles. The van der Waals surface area contributed by atoms with Gasteiger partial charge in [0.2, 0.25) is 0 Å². The summed E-state index contributed by atoms with van der Waals surface area (Å²) in [5, 5.41) is 13.3. The van der Waals surface area contributed by atoms with Crippen LogP contribution in [-0.4, -0.2) is 34.5 Å². The third kappa shape index (κ3) is 4.09. The van der Waals surface area contributed by atoms with Gasteiger partial charge in [-0.15, -0.1) is 0 Å². The highest BCUT2D eigenvalue weighted by Gasteiger charge is 2.18. The number of carbonyl (C=O) groups is 1. The Balaban J connectivity index is 1.65. The Kier molecular flexibility index (Phi) is 5.19. The number of phenols is 1. The fourth-order valence-electron chi connectivity index (χ4n) is 3.07. The molecule has 6 nitrogen and oxygen atoms in total. The summed E-state index contributed by atoms with van der Waals surface area (Å²) in [5.74, 6) is -0.192. The topological polar surface area (TPSA) is 75.9 Å². The molecule has 1 aromatic carbocycles. The molecule has 0 unspecified atom stereocenters. The maximum Gasteiger partial charge on any atom is 0.271 e. The number of benzene rings is 1. The molecule has 1 atom stereocenters. The Morgan fingerprint density at radius 1 is 1.40 bits per heavy atom. The number of amides is 1. The van der Waals surface area contributed by atoms with Crippen molar-refractivity contribution in [2.24, 2.45) is 5.10 Å². The maximum atomic E-state index is 12.0. The van der Waals surface area contributed by atoms with Crippen LogP contribution in [0.5, 0.6) is 5.75 Å². The minimum Gasteiger partial charge on any atom is -0.508 e. The largest absolute Gasteiger partial charge is 0.508 e. The molecular formula is C19H23N3O3. The molecule has 0 bridgehead atoms. The van der Waals surface area contributed by atoms with Crippen LogP contribution in [0.3, 0.4) is 0 Å². The van der Waals surface area contributed by atoms with Gasteiger partial charge in [0, 0.05) is 35.7 Å². The van der Waals surface area contributed by atoms with Gasteiger partial charge in [0.1, 0.15) is 5.75 Å².